The number of hydrogen-bond acceptors (Lipinski definition) is 2. The molecular formula is C15H20N2O. The van der Waals surface area contributed by atoms with E-state index in [1.807, 2.05) is 6.07 Å². The molecule has 0 bridgehead atoms. The third kappa shape index (κ3) is 3.45. The molecule has 1 aromatic heterocycles. The second-order valence-corrected chi connectivity index (χ2v) is 4.53. The quantitative estimate of drug-likeness (QED) is 0.842. The molecule has 0 fully saturated rings. The lowest BCUT2D eigenvalue weighted by molar-refractivity contribution is 0.182. The highest BCUT2D eigenvalue weighted by Crippen LogP contribution is 2.09. The van der Waals surface area contributed by atoms with Crippen molar-refractivity contribution < 1.29 is 5.11 Å². The van der Waals surface area contributed by atoms with E-state index in [0.29, 0.717) is 6.54 Å². The summed E-state index contributed by atoms with van der Waals surface area (Å²) in [5.74, 6) is 0. The van der Waals surface area contributed by atoms with Gasteiger partial charge in [-0.1, -0.05) is 30.3 Å². The van der Waals surface area contributed by atoms with Crippen LogP contribution in [0.2, 0.25) is 0 Å². The summed E-state index contributed by atoms with van der Waals surface area (Å²) >= 11 is 0. The maximum Gasteiger partial charge on any atom is 0.0558 e. The van der Waals surface area contributed by atoms with Crippen LogP contribution in [0.3, 0.4) is 0 Å². The highest BCUT2D eigenvalue weighted by atomic mass is 16.3. The second kappa shape index (κ2) is 6.38. The molecule has 0 radical (unpaired) electrons. The molecule has 0 saturated heterocycles. The van der Waals surface area contributed by atoms with Crippen molar-refractivity contribution in [3.05, 3.63) is 59.9 Å². The van der Waals surface area contributed by atoms with Crippen molar-refractivity contribution in [3.8, 4) is 0 Å². The van der Waals surface area contributed by atoms with Crippen LogP contribution >= 0.6 is 0 Å². The summed E-state index contributed by atoms with van der Waals surface area (Å²) in [6.07, 6.45) is 2.05. The van der Waals surface area contributed by atoms with E-state index in [-0.39, 0.29) is 6.61 Å². The van der Waals surface area contributed by atoms with Gasteiger partial charge in [0.25, 0.3) is 0 Å². The molecule has 0 atom stereocenters. The third-order valence-corrected chi connectivity index (χ3v) is 3.10. The normalized spacial score (nSPS) is 11.1. The molecule has 3 heteroatoms. The molecule has 96 valence electrons. The van der Waals surface area contributed by atoms with Gasteiger partial charge in [0, 0.05) is 38.6 Å². The Balaban J connectivity index is 2.02. The van der Waals surface area contributed by atoms with Gasteiger partial charge in [0.2, 0.25) is 0 Å². The van der Waals surface area contributed by atoms with Crippen LogP contribution < -0.4 is 0 Å². The van der Waals surface area contributed by atoms with Gasteiger partial charge in [-0.25, -0.2) is 0 Å². The van der Waals surface area contributed by atoms with Gasteiger partial charge in [0.05, 0.1) is 6.61 Å². The SMILES string of the molecule is Cn1cccc1CN(CCO)Cc1ccccc1. The molecule has 3 nitrogen and oxygen atoms in total. The highest BCUT2D eigenvalue weighted by Gasteiger charge is 2.08. The minimum atomic E-state index is 0.192. The summed E-state index contributed by atoms with van der Waals surface area (Å²) in [6, 6.07) is 14.5. The standard InChI is InChI=1S/C15H20N2O/c1-16-9-5-8-15(16)13-17(10-11-18)12-14-6-3-2-4-7-14/h2-9,18H,10-13H2,1H3. The molecule has 1 heterocycles. The van der Waals surface area contributed by atoms with E-state index in [1.54, 1.807) is 0 Å². The first-order chi connectivity index (χ1) is 8.79. The molecule has 0 amide bonds. The number of aliphatic hydroxyl groups is 1. The van der Waals surface area contributed by atoms with Gasteiger partial charge < -0.3 is 9.67 Å². The molecule has 1 N–H and O–H groups in total. The number of aliphatic hydroxyl groups excluding tert-OH is 1. The molecule has 2 rings (SSSR count). The number of benzene rings is 1. The van der Waals surface area contributed by atoms with Gasteiger partial charge in [0.15, 0.2) is 0 Å². The van der Waals surface area contributed by atoms with E-state index >= 15 is 0 Å². The van der Waals surface area contributed by atoms with Crippen molar-refractivity contribution in [2.24, 2.45) is 7.05 Å². The Morgan fingerprint density at radius 1 is 1.06 bits per heavy atom. The molecular weight excluding hydrogens is 224 g/mol. The maximum atomic E-state index is 9.16. The minimum absolute atomic E-state index is 0.192. The van der Waals surface area contributed by atoms with Crippen LogP contribution in [0.25, 0.3) is 0 Å². The molecule has 2 aromatic rings. The zero-order valence-corrected chi connectivity index (χ0v) is 10.8. The minimum Gasteiger partial charge on any atom is -0.395 e. The largest absolute Gasteiger partial charge is 0.395 e. The topological polar surface area (TPSA) is 28.4 Å². The number of hydrogen-bond donors (Lipinski definition) is 1. The zero-order chi connectivity index (χ0) is 12.8. The summed E-state index contributed by atoms with van der Waals surface area (Å²) in [4.78, 5) is 2.25. The van der Waals surface area contributed by atoms with Gasteiger partial charge in [0.1, 0.15) is 0 Å². The number of aryl methyl sites for hydroxylation is 1. The van der Waals surface area contributed by atoms with Gasteiger partial charge in [-0.05, 0) is 17.7 Å². The van der Waals surface area contributed by atoms with Crippen molar-refractivity contribution in [1.82, 2.24) is 9.47 Å². The fourth-order valence-corrected chi connectivity index (χ4v) is 2.09. The first-order valence-electron chi connectivity index (χ1n) is 6.27. The monoisotopic (exact) mass is 244 g/mol. The molecule has 0 spiro atoms. The van der Waals surface area contributed by atoms with Crippen LogP contribution in [0.1, 0.15) is 11.3 Å². The highest BCUT2D eigenvalue weighted by molar-refractivity contribution is 5.15. The summed E-state index contributed by atoms with van der Waals surface area (Å²) in [5.41, 5.74) is 2.54. The van der Waals surface area contributed by atoms with Crippen molar-refractivity contribution in [3.63, 3.8) is 0 Å². The lowest BCUT2D eigenvalue weighted by Gasteiger charge is -2.21. The zero-order valence-electron chi connectivity index (χ0n) is 10.8. The molecule has 0 saturated carbocycles. The van der Waals surface area contributed by atoms with Crippen molar-refractivity contribution in [2.75, 3.05) is 13.2 Å². The van der Waals surface area contributed by atoms with E-state index in [2.05, 4.69) is 59.1 Å². The van der Waals surface area contributed by atoms with E-state index in [0.717, 1.165) is 13.1 Å². The Morgan fingerprint density at radius 3 is 2.44 bits per heavy atom. The summed E-state index contributed by atoms with van der Waals surface area (Å²) in [5, 5.41) is 9.16. The lowest BCUT2D eigenvalue weighted by atomic mass is 10.2. The number of rotatable bonds is 6. The Morgan fingerprint density at radius 2 is 1.83 bits per heavy atom. The smallest absolute Gasteiger partial charge is 0.0558 e. The molecule has 18 heavy (non-hydrogen) atoms. The lowest BCUT2D eigenvalue weighted by Crippen LogP contribution is -2.26. The average molecular weight is 244 g/mol. The first-order valence-corrected chi connectivity index (χ1v) is 6.27. The Hall–Kier alpha value is -1.58. The second-order valence-electron chi connectivity index (χ2n) is 4.53. The van der Waals surface area contributed by atoms with Crippen LogP contribution in [0.15, 0.2) is 48.7 Å². The predicted molar refractivity (Wildman–Crippen MR) is 73.1 cm³/mol. The number of aromatic nitrogens is 1. The third-order valence-electron chi connectivity index (χ3n) is 3.10. The van der Waals surface area contributed by atoms with Gasteiger partial charge in [-0.3, -0.25) is 4.90 Å². The predicted octanol–water partition coefficient (Wildman–Crippen LogP) is 2.02. The summed E-state index contributed by atoms with van der Waals surface area (Å²) < 4.78 is 2.12. The summed E-state index contributed by atoms with van der Waals surface area (Å²) in [6.45, 7) is 2.61. The van der Waals surface area contributed by atoms with E-state index in [9.17, 15) is 0 Å². The van der Waals surface area contributed by atoms with Crippen LogP contribution in [0, 0.1) is 0 Å². The Labute approximate surface area is 108 Å². The molecule has 0 aliphatic carbocycles. The van der Waals surface area contributed by atoms with Crippen LogP contribution in [-0.2, 0) is 20.1 Å². The Bertz CT molecular complexity index is 464. The molecule has 0 aliphatic heterocycles. The van der Waals surface area contributed by atoms with Crippen molar-refractivity contribution in [2.45, 2.75) is 13.1 Å². The first kappa shape index (κ1) is 12.9. The van der Waals surface area contributed by atoms with Crippen LogP contribution in [-0.4, -0.2) is 27.7 Å². The Kier molecular flexibility index (Phi) is 4.56. The fraction of sp³-hybridized carbons (Fsp3) is 0.333. The van der Waals surface area contributed by atoms with E-state index < -0.39 is 0 Å². The molecule has 0 unspecified atom stereocenters. The molecule has 0 aliphatic rings. The van der Waals surface area contributed by atoms with E-state index in [4.69, 9.17) is 5.11 Å². The molecule has 1 aromatic carbocycles. The van der Waals surface area contributed by atoms with Crippen LogP contribution in [0.4, 0.5) is 0 Å². The summed E-state index contributed by atoms with van der Waals surface area (Å²) in [7, 11) is 2.05. The van der Waals surface area contributed by atoms with Gasteiger partial charge >= 0.3 is 0 Å². The fourth-order valence-electron chi connectivity index (χ4n) is 2.09. The average Bonchev–Trinajstić information content (AvgIpc) is 2.77. The van der Waals surface area contributed by atoms with E-state index in [1.165, 1.54) is 11.3 Å². The maximum absolute atomic E-state index is 9.16. The van der Waals surface area contributed by atoms with Gasteiger partial charge in [-0.15, -0.1) is 0 Å². The van der Waals surface area contributed by atoms with Crippen molar-refractivity contribution in [1.29, 1.82) is 0 Å². The van der Waals surface area contributed by atoms with Crippen LogP contribution in [0.5, 0.6) is 0 Å². The van der Waals surface area contributed by atoms with Crippen molar-refractivity contribution >= 4 is 0 Å². The van der Waals surface area contributed by atoms with Gasteiger partial charge in [-0.2, -0.15) is 0 Å². The number of nitrogens with zero attached hydrogens (tertiary/aromatic N) is 2.